The predicted octanol–water partition coefficient (Wildman–Crippen LogP) is 4.94. The molecular weight excluding hydrogens is 328 g/mol. The molecule has 1 aromatic heterocycles. The molecular formula is C21H22N2OS. The smallest absolute Gasteiger partial charge is 0.190 e. The Hall–Kier alpha value is -2.17. The van der Waals surface area contributed by atoms with E-state index in [4.69, 9.17) is 9.73 Å². The number of thiazole rings is 1. The van der Waals surface area contributed by atoms with Gasteiger partial charge in [0.05, 0.1) is 24.0 Å². The zero-order chi connectivity index (χ0) is 17.1. The average molecular weight is 350 g/mol. The maximum atomic E-state index is 5.88. The fourth-order valence-corrected chi connectivity index (χ4v) is 4.09. The summed E-state index contributed by atoms with van der Waals surface area (Å²) in [6, 6.07) is 18.9. The van der Waals surface area contributed by atoms with E-state index in [0.717, 1.165) is 36.5 Å². The lowest BCUT2D eigenvalue weighted by atomic mass is 10.1. The quantitative estimate of drug-likeness (QED) is 0.655. The second kappa shape index (κ2) is 7.38. The standard InChI is InChI=1S/C21H22N2OS/c1-16-9-11-17(12-10-16)20-15-25-21(22-18-6-3-2-4-7-18)23(20)14-19-8-5-13-24-19/h2-4,6-7,9-12,15,19H,5,8,13-14H2,1H3/t19-/m0/s1. The second-order valence-electron chi connectivity index (χ2n) is 6.46. The van der Waals surface area contributed by atoms with E-state index in [-0.39, 0.29) is 6.10 Å². The summed E-state index contributed by atoms with van der Waals surface area (Å²) in [7, 11) is 0. The normalized spacial score (nSPS) is 18.0. The van der Waals surface area contributed by atoms with Crippen molar-refractivity contribution >= 4 is 17.0 Å². The molecule has 0 spiro atoms. The SMILES string of the molecule is Cc1ccc(-c2csc(=Nc3ccccc3)n2C[C@@H]2CCCO2)cc1. The van der Waals surface area contributed by atoms with E-state index in [1.807, 2.05) is 30.3 Å². The van der Waals surface area contributed by atoms with Crippen LogP contribution in [0.4, 0.5) is 5.69 Å². The summed E-state index contributed by atoms with van der Waals surface area (Å²) in [5, 5.41) is 2.21. The maximum Gasteiger partial charge on any atom is 0.190 e. The Labute approximate surface area is 152 Å². The number of nitrogens with zero attached hydrogens (tertiary/aromatic N) is 2. The van der Waals surface area contributed by atoms with Gasteiger partial charge in [-0.15, -0.1) is 11.3 Å². The minimum Gasteiger partial charge on any atom is -0.376 e. The Bertz CT molecular complexity index is 888. The molecule has 0 amide bonds. The Morgan fingerprint density at radius 2 is 1.92 bits per heavy atom. The maximum absolute atomic E-state index is 5.88. The number of hydrogen-bond donors (Lipinski definition) is 0. The van der Waals surface area contributed by atoms with E-state index in [2.05, 4.69) is 41.1 Å². The number of ether oxygens (including phenoxy) is 1. The van der Waals surface area contributed by atoms with Crippen LogP contribution in [-0.4, -0.2) is 17.3 Å². The molecule has 3 nitrogen and oxygen atoms in total. The first-order chi connectivity index (χ1) is 12.3. The lowest BCUT2D eigenvalue weighted by Gasteiger charge is -2.14. The molecule has 0 N–H and O–H groups in total. The topological polar surface area (TPSA) is 26.5 Å². The van der Waals surface area contributed by atoms with Gasteiger partial charge in [0.1, 0.15) is 0 Å². The van der Waals surface area contributed by atoms with Crippen molar-refractivity contribution in [3.8, 4) is 11.3 Å². The molecule has 4 heteroatoms. The Morgan fingerprint density at radius 1 is 1.12 bits per heavy atom. The van der Waals surface area contributed by atoms with Gasteiger partial charge >= 0.3 is 0 Å². The zero-order valence-electron chi connectivity index (χ0n) is 14.4. The lowest BCUT2D eigenvalue weighted by molar-refractivity contribution is 0.0968. The minimum atomic E-state index is 0.286. The van der Waals surface area contributed by atoms with Crippen molar-refractivity contribution in [2.24, 2.45) is 4.99 Å². The zero-order valence-corrected chi connectivity index (χ0v) is 15.2. The van der Waals surface area contributed by atoms with Crippen LogP contribution in [0, 0.1) is 6.92 Å². The summed E-state index contributed by atoms with van der Waals surface area (Å²) < 4.78 is 8.20. The molecule has 3 aromatic rings. The summed E-state index contributed by atoms with van der Waals surface area (Å²) in [6.45, 7) is 3.85. The molecule has 1 saturated heterocycles. The summed E-state index contributed by atoms with van der Waals surface area (Å²) in [4.78, 5) is 5.90. The van der Waals surface area contributed by atoms with Crippen molar-refractivity contribution in [1.29, 1.82) is 0 Å². The molecule has 25 heavy (non-hydrogen) atoms. The molecule has 128 valence electrons. The predicted molar refractivity (Wildman–Crippen MR) is 103 cm³/mol. The third kappa shape index (κ3) is 3.75. The van der Waals surface area contributed by atoms with Gasteiger partial charge in [-0.3, -0.25) is 0 Å². The highest BCUT2D eigenvalue weighted by Gasteiger charge is 2.19. The summed E-state index contributed by atoms with van der Waals surface area (Å²) in [5.41, 5.74) is 4.71. The van der Waals surface area contributed by atoms with Crippen molar-refractivity contribution < 1.29 is 4.74 Å². The Balaban J connectivity index is 1.78. The van der Waals surface area contributed by atoms with Crippen LogP contribution < -0.4 is 4.80 Å². The Morgan fingerprint density at radius 3 is 2.64 bits per heavy atom. The average Bonchev–Trinajstić information content (AvgIpc) is 3.28. The number of aromatic nitrogens is 1. The van der Waals surface area contributed by atoms with Gasteiger partial charge in [0.25, 0.3) is 0 Å². The van der Waals surface area contributed by atoms with Crippen LogP contribution in [0.5, 0.6) is 0 Å². The van der Waals surface area contributed by atoms with Gasteiger partial charge < -0.3 is 9.30 Å². The minimum absolute atomic E-state index is 0.286. The lowest BCUT2D eigenvalue weighted by Crippen LogP contribution is -2.24. The fourth-order valence-electron chi connectivity index (χ4n) is 3.16. The van der Waals surface area contributed by atoms with Crippen LogP contribution >= 0.6 is 11.3 Å². The van der Waals surface area contributed by atoms with Crippen molar-refractivity contribution in [3.05, 3.63) is 70.3 Å². The first kappa shape index (κ1) is 16.3. The number of hydrogen-bond acceptors (Lipinski definition) is 3. The summed E-state index contributed by atoms with van der Waals surface area (Å²) in [6.07, 6.45) is 2.56. The first-order valence-corrected chi connectivity index (χ1v) is 9.64. The molecule has 4 rings (SSSR count). The van der Waals surface area contributed by atoms with E-state index < -0.39 is 0 Å². The van der Waals surface area contributed by atoms with Crippen molar-refractivity contribution in [2.75, 3.05) is 6.61 Å². The highest BCUT2D eigenvalue weighted by molar-refractivity contribution is 7.07. The second-order valence-corrected chi connectivity index (χ2v) is 7.30. The van der Waals surface area contributed by atoms with Gasteiger partial charge in [-0.05, 0) is 37.5 Å². The molecule has 0 aliphatic carbocycles. The largest absolute Gasteiger partial charge is 0.376 e. The molecule has 2 heterocycles. The number of benzene rings is 2. The first-order valence-electron chi connectivity index (χ1n) is 8.76. The molecule has 1 aliphatic heterocycles. The van der Waals surface area contributed by atoms with Gasteiger partial charge in [0.15, 0.2) is 4.80 Å². The monoisotopic (exact) mass is 350 g/mol. The summed E-state index contributed by atoms with van der Waals surface area (Å²) >= 11 is 1.69. The molecule has 0 radical (unpaired) electrons. The number of rotatable bonds is 4. The highest BCUT2D eigenvalue weighted by Crippen LogP contribution is 2.23. The molecule has 0 saturated carbocycles. The van der Waals surface area contributed by atoms with Gasteiger partial charge in [-0.2, -0.15) is 0 Å². The molecule has 1 atom stereocenters. The molecule has 0 unspecified atom stereocenters. The Kier molecular flexibility index (Phi) is 4.81. The third-order valence-corrected chi connectivity index (χ3v) is 5.40. The molecule has 2 aromatic carbocycles. The van der Waals surface area contributed by atoms with Crippen molar-refractivity contribution in [1.82, 2.24) is 4.57 Å². The van der Waals surface area contributed by atoms with Crippen LogP contribution in [0.15, 0.2) is 65.0 Å². The van der Waals surface area contributed by atoms with Crippen molar-refractivity contribution in [3.63, 3.8) is 0 Å². The van der Waals surface area contributed by atoms with E-state index in [9.17, 15) is 0 Å². The number of para-hydroxylation sites is 1. The highest BCUT2D eigenvalue weighted by atomic mass is 32.1. The molecule has 1 aliphatic rings. The van der Waals surface area contributed by atoms with Crippen LogP contribution in [0.1, 0.15) is 18.4 Å². The van der Waals surface area contributed by atoms with E-state index in [0.29, 0.717) is 0 Å². The third-order valence-electron chi connectivity index (χ3n) is 4.54. The van der Waals surface area contributed by atoms with Gasteiger partial charge in [-0.1, -0.05) is 48.0 Å². The molecule has 1 fully saturated rings. The van der Waals surface area contributed by atoms with E-state index in [1.54, 1.807) is 11.3 Å². The van der Waals surface area contributed by atoms with E-state index in [1.165, 1.54) is 16.8 Å². The van der Waals surface area contributed by atoms with Crippen LogP contribution in [0.3, 0.4) is 0 Å². The van der Waals surface area contributed by atoms with Gasteiger partial charge in [0, 0.05) is 12.0 Å². The molecule has 0 bridgehead atoms. The summed E-state index contributed by atoms with van der Waals surface area (Å²) in [5.74, 6) is 0. The fraction of sp³-hybridized carbons (Fsp3) is 0.286. The van der Waals surface area contributed by atoms with Crippen LogP contribution in [-0.2, 0) is 11.3 Å². The van der Waals surface area contributed by atoms with E-state index >= 15 is 0 Å². The van der Waals surface area contributed by atoms with Crippen LogP contribution in [0.2, 0.25) is 0 Å². The number of aryl methyl sites for hydroxylation is 1. The van der Waals surface area contributed by atoms with Crippen molar-refractivity contribution in [2.45, 2.75) is 32.4 Å². The van der Waals surface area contributed by atoms with Gasteiger partial charge in [0.2, 0.25) is 0 Å². The van der Waals surface area contributed by atoms with Crippen LogP contribution in [0.25, 0.3) is 11.3 Å². The van der Waals surface area contributed by atoms with Gasteiger partial charge in [-0.25, -0.2) is 4.99 Å².